The Morgan fingerprint density at radius 2 is 1.95 bits per heavy atom. The molecule has 0 aliphatic heterocycles. The van der Waals surface area contributed by atoms with Crippen LogP contribution in [0.3, 0.4) is 0 Å². The van der Waals surface area contributed by atoms with Crippen LogP contribution in [0.25, 0.3) is 11.0 Å². The number of benzene rings is 1. The quantitative estimate of drug-likeness (QED) is 0.485. The number of aryl methyl sites for hydroxylation is 1. The molecule has 0 N–H and O–H groups in total. The number of hydrogen-bond acceptors (Lipinski definition) is 1. The largest absolute Gasteiger partial charge is 0.326 e. The second-order valence-corrected chi connectivity index (χ2v) is 6.80. The molecule has 0 saturated heterocycles. The first-order valence-corrected chi connectivity index (χ1v) is 8.11. The lowest BCUT2D eigenvalue weighted by Crippen LogP contribution is -2.05. The summed E-state index contributed by atoms with van der Waals surface area (Å²) in [7, 11) is 0. The molecule has 0 aliphatic carbocycles. The van der Waals surface area contributed by atoms with Gasteiger partial charge in [-0.25, -0.2) is 4.98 Å². The lowest BCUT2D eigenvalue weighted by molar-refractivity contribution is 0.507. The molecule has 1 aromatic heterocycles. The number of rotatable bonds is 6. The van der Waals surface area contributed by atoms with Crippen molar-refractivity contribution >= 4 is 34.2 Å². The standard InChI is InChI=1S/C16H22Cl2N2/c1-11(2)7-4-5-10-20-15-13(18)8-6-9-14(15)19-16(20)12(3)17/h6,8-9,11-12H,4-5,7,10H2,1-3H3. The van der Waals surface area contributed by atoms with Crippen LogP contribution in [0.5, 0.6) is 0 Å². The topological polar surface area (TPSA) is 17.8 Å². The second kappa shape index (κ2) is 6.82. The molecular formula is C16H22Cl2N2. The number of halogens is 2. The van der Waals surface area contributed by atoms with E-state index in [0.29, 0.717) is 0 Å². The molecule has 0 spiro atoms. The Labute approximate surface area is 131 Å². The van der Waals surface area contributed by atoms with Crippen molar-refractivity contribution in [3.8, 4) is 0 Å². The average Bonchev–Trinajstić information content (AvgIpc) is 2.75. The minimum atomic E-state index is -0.108. The molecular weight excluding hydrogens is 291 g/mol. The van der Waals surface area contributed by atoms with Gasteiger partial charge in [0, 0.05) is 6.54 Å². The Morgan fingerprint density at radius 3 is 2.60 bits per heavy atom. The fraction of sp³-hybridized carbons (Fsp3) is 0.562. The van der Waals surface area contributed by atoms with Gasteiger partial charge in [0.2, 0.25) is 0 Å². The highest BCUT2D eigenvalue weighted by atomic mass is 35.5. The van der Waals surface area contributed by atoms with E-state index in [-0.39, 0.29) is 5.38 Å². The molecule has 2 rings (SSSR count). The molecule has 0 bridgehead atoms. The van der Waals surface area contributed by atoms with Crippen molar-refractivity contribution in [3.05, 3.63) is 29.0 Å². The van der Waals surface area contributed by atoms with Crippen molar-refractivity contribution in [2.75, 3.05) is 0 Å². The summed E-state index contributed by atoms with van der Waals surface area (Å²) in [6.07, 6.45) is 3.61. The number of nitrogens with zero attached hydrogens (tertiary/aromatic N) is 2. The smallest absolute Gasteiger partial charge is 0.127 e. The molecule has 1 heterocycles. The molecule has 1 aromatic carbocycles. The van der Waals surface area contributed by atoms with Crippen molar-refractivity contribution in [1.82, 2.24) is 9.55 Å². The molecule has 4 heteroatoms. The second-order valence-electron chi connectivity index (χ2n) is 5.73. The highest BCUT2D eigenvalue weighted by Crippen LogP contribution is 2.29. The van der Waals surface area contributed by atoms with E-state index in [0.717, 1.165) is 40.8 Å². The zero-order chi connectivity index (χ0) is 14.7. The number of para-hydroxylation sites is 1. The summed E-state index contributed by atoms with van der Waals surface area (Å²) < 4.78 is 2.19. The number of alkyl halides is 1. The lowest BCUT2D eigenvalue weighted by Gasteiger charge is -2.11. The maximum atomic E-state index is 6.34. The van der Waals surface area contributed by atoms with Gasteiger partial charge in [0.15, 0.2) is 0 Å². The van der Waals surface area contributed by atoms with Gasteiger partial charge >= 0.3 is 0 Å². The number of unbranched alkanes of at least 4 members (excludes halogenated alkanes) is 1. The van der Waals surface area contributed by atoms with Gasteiger partial charge in [0.1, 0.15) is 5.82 Å². The van der Waals surface area contributed by atoms with E-state index in [9.17, 15) is 0 Å². The van der Waals surface area contributed by atoms with Crippen molar-refractivity contribution in [2.24, 2.45) is 5.92 Å². The lowest BCUT2D eigenvalue weighted by atomic mass is 10.1. The van der Waals surface area contributed by atoms with Gasteiger partial charge in [-0.1, -0.05) is 44.4 Å². The van der Waals surface area contributed by atoms with Crippen molar-refractivity contribution in [2.45, 2.75) is 52.0 Å². The number of aromatic nitrogens is 2. The van der Waals surface area contributed by atoms with E-state index in [4.69, 9.17) is 23.2 Å². The van der Waals surface area contributed by atoms with Gasteiger partial charge in [-0.2, -0.15) is 0 Å². The van der Waals surface area contributed by atoms with Crippen molar-refractivity contribution in [3.63, 3.8) is 0 Å². The van der Waals surface area contributed by atoms with Gasteiger partial charge in [0.05, 0.1) is 21.4 Å². The average molecular weight is 313 g/mol. The van der Waals surface area contributed by atoms with Crippen LogP contribution < -0.4 is 0 Å². The summed E-state index contributed by atoms with van der Waals surface area (Å²) in [5.74, 6) is 1.67. The van der Waals surface area contributed by atoms with Crippen molar-refractivity contribution in [1.29, 1.82) is 0 Å². The normalized spacial score (nSPS) is 13.3. The van der Waals surface area contributed by atoms with Gasteiger partial charge in [-0.15, -0.1) is 11.6 Å². The first-order chi connectivity index (χ1) is 9.50. The highest BCUT2D eigenvalue weighted by Gasteiger charge is 2.16. The third-order valence-corrected chi connectivity index (χ3v) is 4.02. The van der Waals surface area contributed by atoms with Crippen LogP contribution in [0.4, 0.5) is 0 Å². The minimum absolute atomic E-state index is 0.108. The highest BCUT2D eigenvalue weighted by molar-refractivity contribution is 6.35. The summed E-state index contributed by atoms with van der Waals surface area (Å²) in [5, 5.41) is 0.644. The van der Waals surface area contributed by atoms with Crippen LogP contribution in [0.15, 0.2) is 18.2 Å². The zero-order valence-corrected chi connectivity index (χ0v) is 13.9. The van der Waals surface area contributed by atoms with E-state index >= 15 is 0 Å². The number of imidazole rings is 1. The molecule has 2 nitrogen and oxygen atoms in total. The van der Waals surface area contributed by atoms with Crippen LogP contribution in [0.1, 0.15) is 51.2 Å². The molecule has 20 heavy (non-hydrogen) atoms. The summed E-state index contributed by atoms with van der Waals surface area (Å²) in [4.78, 5) is 4.63. The van der Waals surface area contributed by atoms with Crippen LogP contribution in [0.2, 0.25) is 5.02 Å². The van der Waals surface area contributed by atoms with Crippen LogP contribution in [-0.4, -0.2) is 9.55 Å². The molecule has 0 fully saturated rings. The Hall–Kier alpha value is -0.730. The molecule has 110 valence electrons. The van der Waals surface area contributed by atoms with Crippen LogP contribution >= 0.6 is 23.2 Å². The van der Waals surface area contributed by atoms with E-state index in [1.54, 1.807) is 0 Å². The molecule has 0 amide bonds. The summed E-state index contributed by atoms with van der Waals surface area (Å²) in [5.41, 5.74) is 1.95. The van der Waals surface area contributed by atoms with Gasteiger partial charge < -0.3 is 4.57 Å². The third-order valence-electron chi connectivity index (χ3n) is 3.52. The Bertz CT molecular complexity index is 573. The predicted molar refractivity (Wildman–Crippen MR) is 87.7 cm³/mol. The van der Waals surface area contributed by atoms with Gasteiger partial charge in [0.25, 0.3) is 0 Å². The molecule has 1 unspecified atom stereocenters. The first kappa shape index (κ1) is 15.7. The zero-order valence-electron chi connectivity index (χ0n) is 12.4. The molecule has 0 radical (unpaired) electrons. The Morgan fingerprint density at radius 1 is 1.20 bits per heavy atom. The van der Waals surface area contributed by atoms with E-state index in [2.05, 4.69) is 23.4 Å². The molecule has 0 aliphatic rings. The predicted octanol–water partition coefficient (Wildman–Crippen LogP) is 5.82. The molecule has 1 atom stereocenters. The first-order valence-electron chi connectivity index (χ1n) is 7.29. The van der Waals surface area contributed by atoms with Crippen LogP contribution in [-0.2, 0) is 6.54 Å². The number of hydrogen-bond donors (Lipinski definition) is 0. The third kappa shape index (κ3) is 3.48. The maximum absolute atomic E-state index is 6.34. The molecule has 2 aromatic rings. The number of fused-ring (bicyclic) bond motifs is 1. The van der Waals surface area contributed by atoms with E-state index in [1.807, 2.05) is 25.1 Å². The maximum Gasteiger partial charge on any atom is 0.127 e. The summed E-state index contributed by atoms with van der Waals surface area (Å²) in [6, 6.07) is 5.84. The monoisotopic (exact) mass is 312 g/mol. The Balaban J connectivity index is 2.27. The van der Waals surface area contributed by atoms with Crippen LogP contribution in [0, 0.1) is 5.92 Å². The SMILES string of the molecule is CC(C)CCCCn1c(C(C)Cl)nc2cccc(Cl)c21. The summed E-state index contributed by atoms with van der Waals surface area (Å²) >= 11 is 12.6. The fourth-order valence-corrected chi connectivity index (χ4v) is 2.95. The van der Waals surface area contributed by atoms with Crippen molar-refractivity contribution < 1.29 is 0 Å². The van der Waals surface area contributed by atoms with E-state index in [1.165, 1.54) is 12.8 Å². The summed E-state index contributed by atoms with van der Waals surface area (Å²) in [6.45, 7) is 7.41. The molecule has 0 saturated carbocycles. The van der Waals surface area contributed by atoms with Gasteiger partial charge in [-0.3, -0.25) is 0 Å². The van der Waals surface area contributed by atoms with E-state index < -0.39 is 0 Å². The minimum Gasteiger partial charge on any atom is -0.326 e. The Kier molecular flexibility index (Phi) is 5.34. The fourth-order valence-electron chi connectivity index (χ4n) is 2.51. The van der Waals surface area contributed by atoms with Gasteiger partial charge in [-0.05, 0) is 31.4 Å².